The van der Waals surface area contributed by atoms with Gasteiger partial charge in [-0.1, -0.05) is 6.92 Å². The number of likely N-dealkylation sites (tertiary alicyclic amines) is 1. The summed E-state index contributed by atoms with van der Waals surface area (Å²) in [5.41, 5.74) is 4.76. The zero-order valence-electron chi connectivity index (χ0n) is 20.9. The smallest absolute Gasteiger partial charge is 0.158 e. The Morgan fingerprint density at radius 1 is 1.05 bits per heavy atom. The highest BCUT2D eigenvalue weighted by Gasteiger charge is 2.27. The van der Waals surface area contributed by atoms with Crippen LogP contribution in [0.3, 0.4) is 0 Å². The number of aliphatic hydroxyl groups excluding tert-OH is 1. The lowest BCUT2D eigenvalue weighted by molar-refractivity contribution is 0.0359. The number of aryl methyl sites for hydroxylation is 1. The van der Waals surface area contributed by atoms with E-state index >= 15 is 0 Å². The SMILES string of the molecule is CC[C@H]1C[C@H](O)CCN1Cc1ccn2ncnc(Nc3ccc(Oc4ccn5ncnc5c4)c(C)c3)c12. The molecule has 1 aromatic carbocycles. The molecular formula is C27H30N8O2. The molecule has 190 valence electrons. The summed E-state index contributed by atoms with van der Waals surface area (Å²) in [6, 6.07) is 12.2. The van der Waals surface area contributed by atoms with Crippen molar-refractivity contribution in [3.8, 4) is 11.5 Å². The third-order valence-electron chi connectivity index (χ3n) is 7.11. The zero-order valence-corrected chi connectivity index (χ0v) is 20.9. The van der Waals surface area contributed by atoms with Crippen molar-refractivity contribution < 1.29 is 9.84 Å². The summed E-state index contributed by atoms with van der Waals surface area (Å²) in [5.74, 6) is 2.23. The molecule has 1 fully saturated rings. The summed E-state index contributed by atoms with van der Waals surface area (Å²) in [7, 11) is 0. The van der Waals surface area contributed by atoms with Crippen molar-refractivity contribution in [3.63, 3.8) is 0 Å². The quantitative estimate of drug-likeness (QED) is 0.341. The second kappa shape index (κ2) is 9.79. The number of fused-ring (bicyclic) bond motifs is 2. The molecule has 4 aromatic heterocycles. The molecule has 0 amide bonds. The van der Waals surface area contributed by atoms with Crippen molar-refractivity contribution >= 4 is 22.7 Å². The summed E-state index contributed by atoms with van der Waals surface area (Å²) >= 11 is 0. The van der Waals surface area contributed by atoms with Crippen LogP contribution in [0.25, 0.3) is 11.2 Å². The van der Waals surface area contributed by atoms with Crippen LogP contribution < -0.4 is 10.1 Å². The molecule has 1 aliphatic rings. The van der Waals surface area contributed by atoms with Gasteiger partial charge >= 0.3 is 0 Å². The summed E-state index contributed by atoms with van der Waals surface area (Å²) in [5, 5.41) is 22.1. The van der Waals surface area contributed by atoms with Gasteiger partial charge < -0.3 is 15.2 Å². The number of piperidine rings is 1. The number of aromatic nitrogens is 6. The number of pyridine rings is 1. The van der Waals surface area contributed by atoms with E-state index in [0.29, 0.717) is 11.8 Å². The van der Waals surface area contributed by atoms with Gasteiger partial charge in [0.2, 0.25) is 0 Å². The molecule has 0 spiro atoms. The minimum Gasteiger partial charge on any atom is -0.457 e. The van der Waals surface area contributed by atoms with Crippen LogP contribution in [0.1, 0.15) is 37.3 Å². The summed E-state index contributed by atoms with van der Waals surface area (Å²) in [6.45, 7) is 5.89. The number of ether oxygens (including phenoxy) is 1. The highest BCUT2D eigenvalue weighted by atomic mass is 16.5. The molecule has 10 nitrogen and oxygen atoms in total. The first kappa shape index (κ1) is 23.4. The first-order valence-corrected chi connectivity index (χ1v) is 12.7. The summed E-state index contributed by atoms with van der Waals surface area (Å²) < 4.78 is 9.69. The van der Waals surface area contributed by atoms with Gasteiger partial charge in [-0.25, -0.2) is 19.0 Å². The van der Waals surface area contributed by atoms with Crippen molar-refractivity contribution in [2.75, 3.05) is 11.9 Å². The van der Waals surface area contributed by atoms with Gasteiger partial charge in [-0.2, -0.15) is 10.2 Å². The second-order valence-electron chi connectivity index (χ2n) is 9.59. The number of benzene rings is 1. The van der Waals surface area contributed by atoms with Gasteiger partial charge in [0.05, 0.1) is 6.10 Å². The van der Waals surface area contributed by atoms with Gasteiger partial charge in [0, 0.05) is 43.3 Å². The van der Waals surface area contributed by atoms with Gasteiger partial charge in [0.25, 0.3) is 0 Å². The Bertz CT molecular complexity index is 1540. The molecule has 1 aliphatic heterocycles. The third-order valence-corrected chi connectivity index (χ3v) is 7.11. The van der Waals surface area contributed by atoms with Crippen LogP contribution in [-0.2, 0) is 6.54 Å². The number of aliphatic hydroxyl groups is 1. The number of hydrogen-bond donors (Lipinski definition) is 2. The van der Waals surface area contributed by atoms with Crippen LogP contribution in [0.5, 0.6) is 11.5 Å². The average molecular weight is 499 g/mol. The number of hydrogen-bond acceptors (Lipinski definition) is 8. The van der Waals surface area contributed by atoms with Gasteiger partial charge in [-0.15, -0.1) is 0 Å². The maximum Gasteiger partial charge on any atom is 0.158 e. The fourth-order valence-electron chi connectivity index (χ4n) is 5.13. The molecule has 0 aliphatic carbocycles. The van der Waals surface area contributed by atoms with Crippen molar-refractivity contribution in [3.05, 3.63) is 72.6 Å². The average Bonchev–Trinajstić information content (AvgIpc) is 3.54. The van der Waals surface area contributed by atoms with E-state index in [1.807, 2.05) is 54.2 Å². The minimum absolute atomic E-state index is 0.201. The number of rotatable bonds is 7. The maximum absolute atomic E-state index is 10.1. The zero-order chi connectivity index (χ0) is 25.4. The first-order chi connectivity index (χ1) is 18.1. The Kier molecular flexibility index (Phi) is 6.19. The van der Waals surface area contributed by atoms with E-state index < -0.39 is 0 Å². The van der Waals surface area contributed by atoms with Crippen molar-refractivity contribution in [1.82, 2.24) is 34.1 Å². The van der Waals surface area contributed by atoms with Crippen molar-refractivity contribution in [2.24, 2.45) is 0 Å². The molecule has 37 heavy (non-hydrogen) atoms. The molecule has 10 heteroatoms. The molecule has 1 saturated heterocycles. The molecule has 6 rings (SSSR count). The van der Waals surface area contributed by atoms with Gasteiger partial charge in [0.15, 0.2) is 11.5 Å². The van der Waals surface area contributed by atoms with E-state index in [9.17, 15) is 5.11 Å². The minimum atomic E-state index is -0.201. The molecule has 0 radical (unpaired) electrons. The highest BCUT2D eigenvalue weighted by molar-refractivity contribution is 5.76. The van der Waals surface area contributed by atoms with Crippen molar-refractivity contribution in [1.29, 1.82) is 0 Å². The van der Waals surface area contributed by atoms with Crippen molar-refractivity contribution in [2.45, 2.75) is 51.8 Å². The monoisotopic (exact) mass is 498 g/mol. The lowest BCUT2D eigenvalue weighted by Crippen LogP contribution is -2.43. The summed E-state index contributed by atoms with van der Waals surface area (Å²) in [6.07, 6.45) is 9.34. The van der Waals surface area contributed by atoms with E-state index in [1.54, 1.807) is 10.8 Å². The van der Waals surface area contributed by atoms with E-state index in [4.69, 9.17) is 4.74 Å². The molecule has 5 heterocycles. The maximum atomic E-state index is 10.1. The van der Waals surface area contributed by atoms with Crippen LogP contribution in [0.4, 0.5) is 11.5 Å². The third kappa shape index (κ3) is 4.73. The number of nitrogens with zero attached hydrogens (tertiary/aromatic N) is 7. The normalized spacial score (nSPS) is 18.5. The summed E-state index contributed by atoms with van der Waals surface area (Å²) in [4.78, 5) is 11.3. The Morgan fingerprint density at radius 2 is 1.89 bits per heavy atom. The fraction of sp³-hybridized carbons (Fsp3) is 0.333. The van der Waals surface area contributed by atoms with E-state index in [-0.39, 0.29) is 6.10 Å². The lowest BCUT2D eigenvalue weighted by Gasteiger charge is -2.37. The molecular weight excluding hydrogens is 468 g/mol. The van der Waals surface area contributed by atoms with Crippen LogP contribution >= 0.6 is 0 Å². The van der Waals surface area contributed by atoms with E-state index in [1.165, 1.54) is 11.9 Å². The molecule has 2 N–H and O–H groups in total. The Hall–Kier alpha value is -4.02. The van der Waals surface area contributed by atoms with Crippen LogP contribution in [0.2, 0.25) is 0 Å². The fourth-order valence-corrected chi connectivity index (χ4v) is 5.13. The predicted molar refractivity (Wildman–Crippen MR) is 140 cm³/mol. The molecule has 0 unspecified atom stereocenters. The predicted octanol–water partition coefficient (Wildman–Crippen LogP) is 4.35. The highest BCUT2D eigenvalue weighted by Crippen LogP contribution is 2.31. The van der Waals surface area contributed by atoms with Gasteiger partial charge in [-0.05, 0) is 67.6 Å². The van der Waals surface area contributed by atoms with E-state index in [0.717, 1.165) is 66.3 Å². The first-order valence-electron chi connectivity index (χ1n) is 12.7. The molecule has 2 atom stereocenters. The standard InChI is InChI=1S/C27H30N8O2/c1-3-21-13-22(36)7-9-33(21)15-19-6-10-35-26(19)27(29-17-31-35)32-20-4-5-24(18(2)12-20)37-23-8-11-34-25(14-23)28-16-30-34/h4-6,8,10-12,14,16-17,21-22,36H,3,7,9,13,15H2,1-2H3,(H,29,31,32)/t21-,22+/m0/s1. The Balaban J connectivity index is 1.23. The van der Waals surface area contributed by atoms with Gasteiger partial charge in [-0.3, -0.25) is 4.90 Å². The van der Waals surface area contributed by atoms with Crippen LogP contribution in [0.15, 0.2) is 61.4 Å². The lowest BCUT2D eigenvalue weighted by atomic mass is 9.97. The number of nitrogens with one attached hydrogen (secondary N) is 1. The van der Waals surface area contributed by atoms with Gasteiger partial charge in [0.1, 0.15) is 29.7 Å². The topological polar surface area (TPSA) is 105 Å². The molecule has 0 saturated carbocycles. The van der Waals surface area contributed by atoms with E-state index in [2.05, 4.69) is 43.4 Å². The molecule has 5 aromatic rings. The van der Waals surface area contributed by atoms with Crippen LogP contribution in [-0.4, -0.2) is 57.9 Å². The molecule has 0 bridgehead atoms. The van der Waals surface area contributed by atoms with Crippen LogP contribution in [0, 0.1) is 6.92 Å². The number of anilines is 2. The Labute approximate surface area is 214 Å². The largest absolute Gasteiger partial charge is 0.457 e. The Morgan fingerprint density at radius 3 is 2.76 bits per heavy atom. The second-order valence-corrected chi connectivity index (χ2v) is 9.59.